The van der Waals surface area contributed by atoms with Gasteiger partial charge in [-0.05, 0) is 60.4 Å². The van der Waals surface area contributed by atoms with Crippen molar-refractivity contribution in [1.29, 1.82) is 0 Å². The lowest BCUT2D eigenvalue weighted by Gasteiger charge is -2.28. The van der Waals surface area contributed by atoms with Crippen LogP contribution in [0.4, 0.5) is 4.39 Å². The SMILES string of the molecule is O=C(O)c1ccc2nc(CN3CCn4c(nc5c(Cc6ccc(Cl)cc6F)cccc54)C3)n(CC3CCCO3)c2c1. The molecule has 210 valence electrons. The highest BCUT2D eigenvalue weighted by Crippen LogP contribution is 2.28. The first kappa shape index (κ1) is 26.1. The molecule has 0 aliphatic carbocycles. The van der Waals surface area contributed by atoms with Crippen molar-refractivity contribution >= 4 is 39.6 Å². The van der Waals surface area contributed by atoms with E-state index >= 15 is 0 Å². The van der Waals surface area contributed by atoms with Crippen LogP contribution in [0.3, 0.4) is 0 Å². The summed E-state index contributed by atoms with van der Waals surface area (Å²) in [6.07, 6.45) is 2.54. The fourth-order valence-corrected chi connectivity index (χ4v) is 6.27. The molecule has 10 heteroatoms. The van der Waals surface area contributed by atoms with Crippen LogP contribution >= 0.6 is 11.6 Å². The molecule has 1 unspecified atom stereocenters. The third-order valence-corrected chi connectivity index (χ3v) is 8.43. The van der Waals surface area contributed by atoms with E-state index in [2.05, 4.69) is 20.1 Å². The van der Waals surface area contributed by atoms with E-state index in [9.17, 15) is 14.3 Å². The summed E-state index contributed by atoms with van der Waals surface area (Å²) < 4.78 is 24.9. The summed E-state index contributed by atoms with van der Waals surface area (Å²) in [6.45, 7) is 4.24. The van der Waals surface area contributed by atoms with Gasteiger partial charge in [0.1, 0.15) is 17.5 Å². The van der Waals surface area contributed by atoms with Gasteiger partial charge in [0.2, 0.25) is 0 Å². The van der Waals surface area contributed by atoms with Crippen LogP contribution < -0.4 is 0 Å². The molecule has 0 spiro atoms. The lowest BCUT2D eigenvalue weighted by atomic mass is 10.0. The number of ether oxygens (including phenoxy) is 1. The van der Waals surface area contributed by atoms with Crippen LogP contribution in [-0.2, 0) is 37.3 Å². The third kappa shape index (κ3) is 4.98. The van der Waals surface area contributed by atoms with Gasteiger partial charge in [-0.1, -0.05) is 29.8 Å². The minimum Gasteiger partial charge on any atom is -0.478 e. The van der Waals surface area contributed by atoms with Crippen molar-refractivity contribution in [2.75, 3.05) is 13.2 Å². The topological polar surface area (TPSA) is 85.4 Å². The molecule has 4 heterocycles. The Labute approximate surface area is 240 Å². The number of para-hydroxylation sites is 1. The first-order valence-corrected chi connectivity index (χ1v) is 14.3. The van der Waals surface area contributed by atoms with Crippen molar-refractivity contribution in [3.8, 4) is 0 Å². The Hall–Kier alpha value is -3.79. The highest BCUT2D eigenvalue weighted by molar-refractivity contribution is 6.30. The van der Waals surface area contributed by atoms with Crippen LogP contribution in [-0.4, -0.2) is 54.3 Å². The first-order chi connectivity index (χ1) is 19.9. The maximum Gasteiger partial charge on any atom is 0.335 e. The number of aromatic nitrogens is 4. The normalized spacial score (nSPS) is 17.5. The van der Waals surface area contributed by atoms with Gasteiger partial charge in [0.15, 0.2) is 0 Å². The summed E-state index contributed by atoms with van der Waals surface area (Å²) in [5, 5.41) is 9.95. The highest BCUT2D eigenvalue weighted by atomic mass is 35.5. The molecule has 2 aromatic heterocycles. The number of carbonyl (C=O) groups is 1. The van der Waals surface area contributed by atoms with Crippen LogP contribution in [0.2, 0.25) is 5.02 Å². The molecule has 1 atom stereocenters. The molecule has 0 saturated carbocycles. The van der Waals surface area contributed by atoms with Crippen molar-refractivity contribution in [1.82, 2.24) is 24.0 Å². The van der Waals surface area contributed by atoms with Gasteiger partial charge >= 0.3 is 5.97 Å². The Balaban J connectivity index is 1.18. The van der Waals surface area contributed by atoms with Crippen LogP contribution in [0.5, 0.6) is 0 Å². The van der Waals surface area contributed by atoms with Crippen LogP contribution in [0, 0.1) is 5.82 Å². The fraction of sp³-hybridized carbons (Fsp3) is 0.323. The zero-order chi connectivity index (χ0) is 28.1. The van der Waals surface area contributed by atoms with Crippen molar-refractivity contribution in [3.63, 3.8) is 0 Å². The maximum atomic E-state index is 14.6. The Bertz CT molecular complexity index is 1790. The number of aromatic carboxylic acids is 1. The molecule has 0 radical (unpaired) electrons. The van der Waals surface area contributed by atoms with E-state index in [0.29, 0.717) is 36.6 Å². The van der Waals surface area contributed by atoms with E-state index in [1.54, 1.807) is 30.3 Å². The molecule has 1 fully saturated rings. The van der Waals surface area contributed by atoms with Gasteiger partial charge in [0.25, 0.3) is 0 Å². The molecule has 0 bridgehead atoms. The molecule has 5 aromatic rings. The minimum atomic E-state index is -0.952. The van der Waals surface area contributed by atoms with Crippen LogP contribution in [0.15, 0.2) is 54.6 Å². The molecule has 7 rings (SSSR count). The van der Waals surface area contributed by atoms with E-state index < -0.39 is 5.97 Å². The number of nitrogens with zero attached hydrogens (tertiary/aromatic N) is 5. The number of carboxylic acid groups (broad SMARTS) is 1. The van der Waals surface area contributed by atoms with Crippen LogP contribution in [0.1, 0.15) is 46.0 Å². The number of imidazole rings is 2. The van der Waals surface area contributed by atoms with E-state index in [1.807, 2.05) is 12.1 Å². The molecule has 3 aromatic carbocycles. The van der Waals surface area contributed by atoms with Gasteiger partial charge in [-0.2, -0.15) is 0 Å². The zero-order valence-electron chi connectivity index (χ0n) is 22.4. The molecule has 2 aliphatic rings. The molecule has 41 heavy (non-hydrogen) atoms. The maximum absolute atomic E-state index is 14.6. The lowest BCUT2D eigenvalue weighted by Crippen LogP contribution is -2.34. The molecule has 0 amide bonds. The summed E-state index contributed by atoms with van der Waals surface area (Å²) in [6, 6.07) is 16.0. The van der Waals surface area contributed by atoms with Gasteiger partial charge in [-0.15, -0.1) is 0 Å². The van der Waals surface area contributed by atoms with Gasteiger partial charge in [0, 0.05) is 31.1 Å². The second kappa shape index (κ2) is 10.6. The molecule has 2 aliphatic heterocycles. The number of benzene rings is 3. The summed E-state index contributed by atoms with van der Waals surface area (Å²) in [5.74, 6) is 0.587. The monoisotopic (exact) mass is 573 g/mol. The second-order valence-corrected chi connectivity index (χ2v) is 11.3. The zero-order valence-corrected chi connectivity index (χ0v) is 23.1. The van der Waals surface area contributed by atoms with E-state index in [-0.39, 0.29) is 17.5 Å². The van der Waals surface area contributed by atoms with Gasteiger partial charge in [-0.3, -0.25) is 4.90 Å². The summed E-state index contributed by atoms with van der Waals surface area (Å²) >= 11 is 5.95. The molecular weight excluding hydrogens is 545 g/mol. The average Bonchev–Trinajstić information content (AvgIpc) is 3.68. The predicted octanol–water partition coefficient (Wildman–Crippen LogP) is 5.66. The van der Waals surface area contributed by atoms with Crippen LogP contribution in [0.25, 0.3) is 22.1 Å². The Kier molecular flexibility index (Phi) is 6.73. The summed E-state index contributed by atoms with van der Waals surface area (Å²) in [7, 11) is 0. The fourth-order valence-electron chi connectivity index (χ4n) is 6.11. The number of hydrogen-bond acceptors (Lipinski definition) is 5. The molecule has 1 saturated heterocycles. The number of hydrogen-bond donors (Lipinski definition) is 1. The largest absolute Gasteiger partial charge is 0.478 e. The molecule has 8 nitrogen and oxygen atoms in total. The highest BCUT2D eigenvalue weighted by Gasteiger charge is 2.25. The van der Waals surface area contributed by atoms with Crippen molar-refractivity contribution < 1.29 is 19.0 Å². The Morgan fingerprint density at radius 1 is 1.07 bits per heavy atom. The Morgan fingerprint density at radius 3 is 2.78 bits per heavy atom. The third-order valence-electron chi connectivity index (χ3n) is 8.19. The van der Waals surface area contributed by atoms with Crippen molar-refractivity contribution in [2.24, 2.45) is 0 Å². The summed E-state index contributed by atoms with van der Waals surface area (Å²) in [5.41, 5.74) is 5.36. The van der Waals surface area contributed by atoms with E-state index in [4.69, 9.17) is 26.3 Å². The van der Waals surface area contributed by atoms with E-state index in [1.165, 1.54) is 6.07 Å². The van der Waals surface area contributed by atoms with Crippen molar-refractivity contribution in [3.05, 3.63) is 93.8 Å². The number of rotatable bonds is 7. The predicted molar refractivity (Wildman–Crippen MR) is 154 cm³/mol. The number of fused-ring (bicyclic) bond motifs is 4. The molecule has 1 N–H and O–H groups in total. The quantitative estimate of drug-likeness (QED) is 0.270. The number of halogens is 2. The standard InChI is InChI=1S/C31H29ClFN5O3/c32-22-8-6-19(24(33)15-22)13-20-3-1-5-26-30(20)35-29-18-36(10-11-37(26)29)17-28-34-25-9-7-21(31(39)40)14-27(25)38(28)16-23-4-2-12-41-23/h1,3,5-9,14-15,23H,2,4,10-13,16-18H2,(H,39,40). The number of carboxylic acids is 1. The molecular formula is C31H29ClFN5O3. The van der Waals surface area contributed by atoms with Gasteiger partial charge in [0.05, 0.1) is 53.4 Å². The average molecular weight is 574 g/mol. The van der Waals surface area contributed by atoms with Gasteiger partial charge in [-0.25, -0.2) is 19.2 Å². The van der Waals surface area contributed by atoms with Gasteiger partial charge < -0.3 is 19.0 Å². The van der Waals surface area contributed by atoms with E-state index in [0.717, 1.165) is 71.8 Å². The Morgan fingerprint density at radius 2 is 1.98 bits per heavy atom. The first-order valence-electron chi connectivity index (χ1n) is 13.9. The smallest absolute Gasteiger partial charge is 0.335 e. The minimum absolute atomic E-state index is 0.0917. The summed E-state index contributed by atoms with van der Waals surface area (Å²) in [4.78, 5) is 24.0. The van der Waals surface area contributed by atoms with Crippen molar-refractivity contribution in [2.45, 2.75) is 51.5 Å². The lowest BCUT2D eigenvalue weighted by molar-refractivity contribution is 0.0697. The second-order valence-electron chi connectivity index (χ2n) is 10.9.